The zero-order valence-electron chi connectivity index (χ0n) is 13.1. The number of halogens is 1. The standard InChI is InChI=1S/C17H17IN4O2/c1-12-9-14(18)4-5-15(12)21-16(23)6-7-17(24)22-20-11-13-3-2-8-19-10-13/h2-5,8-11H,6-7H2,1H3,(H,21,23)(H,22,24)/b20-11+. The smallest absolute Gasteiger partial charge is 0.240 e. The SMILES string of the molecule is Cc1cc(I)ccc1NC(=O)CCC(=O)N/N=C/c1cccnc1. The number of anilines is 1. The van der Waals surface area contributed by atoms with Crippen LogP contribution in [0.3, 0.4) is 0 Å². The summed E-state index contributed by atoms with van der Waals surface area (Å²) < 4.78 is 1.11. The molecule has 2 aromatic rings. The van der Waals surface area contributed by atoms with Gasteiger partial charge in [-0.2, -0.15) is 5.10 Å². The second-order valence-corrected chi connectivity index (χ2v) is 6.33. The van der Waals surface area contributed by atoms with E-state index < -0.39 is 0 Å². The van der Waals surface area contributed by atoms with Crippen molar-refractivity contribution < 1.29 is 9.59 Å². The van der Waals surface area contributed by atoms with Crippen LogP contribution in [0.2, 0.25) is 0 Å². The fourth-order valence-corrected chi connectivity index (χ4v) is 2.54. The third-order valence-corrected chi connectivity index (χ3v) is 3.80. The number of pyridine rings is 1. The lowest BCUT2D eigenvalue weighted by molar-refractivity contribution is -0.124. The third-order valence-electron chi connectivity index (χ3n) is 3.13. The number of amides is 2. The van der Waals surface area contributed by atoms with Crippen LogP contribution in [0.25, 0.3) is 0 Å². The van der Waals surface area contributed by atoms with Gasteiger partial charge in [-0.25, -0.2) is 5.43 Å². The number of hydrogen-bond acceptors (Lipinski definition) is 4. The summed E-state index contributed by atoms with van der Waals surface area (Å²) in [4.78, 5) is 27.5. The molecule has 6 nitrogen and oxygen atoms in total. The zero-order chi connectivity index (χ0) is 17.4. The van der Waals surface area contributed by atoms with Crippen LogP contribution < -0.4 is 10.7 Å². The number of hydrazone groups is 1. The average Bonchev–Trinajstić information content (AvgIpc) is 2.56. The van der Waals surface area contributed by atoms with Gasteiger partial charge in [0.15, 0.2) is 0 Å². The number of nitrogens with one attached hydrogen (secondary N) is 2. The normalized spacial score (nSPS) is 10.6. The molecule has 1 aromatic carbocycles. The second-order valence-electron chi connectivity index (χ2n) is 5.09. The first-order chi connectivity index (χ1) is 11.5. The first-order valence-corrected chi connectivity index (χ1v) is 8.40. The number of aryl methyl sites for hydroxylation is 1. The largest absolute Gasteiger partial charge is 0.326 e. The summed E-state index contributed by atoms with van der Waals surface area (Å²) in [5, 5.41) is 6.64. The lowest BCUT2D eigenvalue weighted by Crippen LogP contribution is -2.20. The molecule has 0 aliphatic heterocycles. The maximum absolute atomic E-state index is 11.9. The van der Waals surface area contributed by atoms with E-state index in [0.29, 0.717) is 0 Å². The first-order valence-electron chi connectivity index (χ1n) is 7.32. The van der Waals surface area contributed by atoms with Gasteiger partial charge in [-0.1, -0.05) is 6.07 Å². The Kier molecular flexibility index (Phi) is 6.86. The van der Waals surface area contributed by atoms with Gasteiger partial charge in [0.2, 0.25) is 11.8 Å². The molecule has 2 N–H and O–H groups in total. The molecule has 0 spiro atoms. The minimum Gasteiger partial charge on any atom is -0.326 e. The van der Waals surface area contributed by atoms with Crippen LogP contribution in [-0.4, -0.2) is 23.0 Å². The Morgan fingerprint density at radius 1 is 1.25 bits per heavy atom. The van der Waals surface area contributed by atoms with Crippen molar-refractivity contribution in [3.8, 4) is 0 Å². The molecule has 2 rings (SSSR count). The van der Waals surface area contributed by atoms with E-state index in [1.807, 2.05) is 31.2 Å². The summed E-state index contributed by atoms with van der Waals surface area (Å²) in [5.41, 5.74) is 4.92. The molecule has 0 aliphatic carbocycles. The van der Waals surface area contributed by atoms with E-state index in [9.17, 15) is 9.59 Å². The van der Waals surface area contributed by atoms with Gasteiger partial charge in [-0.05, 0) is 59.3 Å². The molecule has 0 saturated carbocycles. The maximum Gasteiger partial charge on any atom is 0.240 e. The number of carbonyl (C=O) groups is 2. The van der Waals surface area contributed by atoms with Crippen LogP contribution >= 0.6 is 22.6 Å². The lowest BCUT2D eigenvalue weighted by Gasteiger charge is -2.08. The molecule has 0 fully saturated rings. The fourth-order valence-electron chi connectivity index (χ4n) is 1.89. The molecule has 0 saturated heterocycles. The molecular formula is C17H17IN4O2. The summed E-state index contributed by atoms with van der Waals surface area (Å²) in [7, 11) is 0. The van der Waals surface area contributed by atoms with Gasteiger partial charge in [0.25, 0.3) is 0 Å². The van der Waals surface area contributed by atoms with E-state index in [-0.39, 0.29) is 24.7 Å². The molecule has 0 radical (unpaired) electrons. The van der Waals surface area contributed by atoms with Crippen molar-refractivity contribution in [2.24, 2.45) is 5.10 Å². The van der Waals surface area contributed by atoms with Crippen molar-refractivity contribution in [1.29, 1.82) is 0 Å². The molecule has 124 valence electrons. The molecule has 0 atom stereocenters. The zero-order valence-corrected chi connectivity index (χ0v) is 15.3. The Morgan fingerprint density at radius 2 is 2.04 bits per heavy atom. The first kappa shape index (κ1) is 18.1. The van der Waals surface area contributed by atoms with Crippen LogP contribution in [0, 0.1) is 10.5 Å². The maximum atomic E-state index is 11.9. The molecule has 0 bridgehead atoms. The third kappa shape index (κ3) is 6.07. The van der Waals surface area contributed by atoms with Gasteiger partial charge in [0, 0.05) is 40.1 Å². The highest BCUT2D eigenvalue weighted by Gasteiger charge is 2.08. The number of nitrogens with zero attached hydrogens (tertiary/aromatic N) is 2. The second kappa shape index (κ2) is 9.11. The molecule has 7 heteroatoms. The van der Waals surface area contributed by atoms with E-state index >= 15 is 0 Å². The highest BCUT2D eigenvalue weighted by atomic mass is 127. The van der Waals surface area contributed by atoms with Crippen molar-refractivity contribution in [2.45, 2.75) is 19.8 Å². The number of carbonyl (C=O) groups excluding carboxylic acids is 2. The van der Waals surface area contributed by atoms with Crippen molar-refractivity contribution in [1.82, 2.24) is 10.4 Å². The van der Waals surface area contributed by atoms with Gasteiger partial charge < -0.3 is 5.32 Å². The van der Waals surface area contributed by atoms with Crippen LogP contribution in [0.15, 0.2) is 47.8 Å². The number of aromatic nitrogens is 1. The summed E-state index contributed by atoms with van der Waals surface area (Å²) in [5.74, 6) is -0.518. The molecular weight excluding hydrogens is 419 g/mol. The van der Waals surface area contributed by atoms with Crippen molar-refractivity contribution >= 4 is 46.3 Å². The fraction of sp³-hybridized carbons (Fsp3) is 0.176. The summed E-state index contributed by atoms with van der Waals surface area (Å²) in [6.45, 7) is 1.93. The van der Waals surface area contributed by atoms with Gasteiger partial charge in [0.05, 0.1) is 6.21 Å². The highest BCUT2D eigenvalue weighted by Crippen LogP contribution is 2.17. The van der Waals surface area contributed by atoms with Crippen LogP contribution in [0.5, 0.6) is 0 Å². The van der Waals surface area contributed by atoms with E-state index in [4.69, 9.17) is 0 Å². The number of benzene rings is 1. The number of rotatable bonds is 6. The molecule has 1 aromatic heterocycles. The Balaban J connectivity index is 1.75. The van der Waals surface area contributed by atoms with E-state index in [0.717, 1.165) is 20.4 Å². The summed E-state index contributed by atoms with van der Waals surface area (Å²) in [6.07, 6.45) is 4.95. The van der Waals surface area contributed by atoms with Crippen molar-refractivity contribution in [3.63, 3.8) is 0 Å². The molecule has 1 heterocycles. The predicted molar refractivity (Wildman–Crippen MR) is 102 cm³/mol. The minimum atomic E-state index is -0.315. The van der Waals surface area contributed by atoms with E-state index in [2.05, 4.69) is 43.4 Å². The van der Waals surface area contributed by atoms with Crippen LogP contribution in [0.4, 0.5) is 5.69 Å². The van der Waals surface area contributed by atoms with Crippen molar-refractivity contribution in [2.75, 3.05) is 5.32 Å². The topological polar surface area (TPSA) is 83.5 Å². The van der Waals surface area contributed by atoms with Crippen molar-refractivity contribution in [3.05, 3.63) is 57.4 Å². The highest BCUT2D eigenvalue weighted by molar-refractivity contribution is 14.1. The number of hydrogen-bond donors (Lipinski definition) is 2. The molecule has 0 unspecified atom stereocenters. The summed E-state index contributed by atoms with van der Waals surface area (Å²) in [6, 6.07) is 9.35. The van der Waals surface area contributed by atoms with Gasteiger partial charge in [-0.15, -0.1) is 0 Å². The van der Waals surface area contributed by atoms with Gasteiger partial charge in [-0.3, -0.25) is 14.6 Å². The lowest BCUT2D eigenvalue weighted by atomic mass is 10.2. The van der Waals surface area contributed by atoms with E-state index in [1.165, 1.54) is 6.21 Å². The minimum absolute atomic E-state index is 0.0691. The van der Waals surface area contributed by atoms with Crippen LogP contribution in [0.1, 0.15) is 24.0 Å². The van der Waals surface area contributed by atoms with Crippen LogP contribution in [-0.2, 0) is 9.59 Å². The Hall–Kier alpha value is -2.29. The average molecular weight is 436 g/mol. The Morgan fingerprint density at radius 3 is 2.75 bits per heavy atom. The molecule has 0 aliphatic rings. The monoisotopic (exact) mass is 436 g/mol. The molecule has 24 heavy (non-hydrogen) atoms. The predicted octanol–water partition coefficient (Wildman–Crippen LogP) is 2.86. The summed E-state index contributed by atoms with van der Waals surface area (Å²) >= 11 is 2.22. The molecule has 2 amide bonds. The van der Waals surface area contributed by atoms with Gasteiger partial charge in [0.1, 0.15) is 0 Å². The quantitative estimate of drug-likeness (QED) is 0.415. The van der Waals surface area contributed by atoms with E-state index in [1.54, 1.807) is 18.5 Å². The Bertz CT molecular complexity index is 748. The Labute approximate surface area is 153 Å². The van der Waals surface area contributed by atoms with Gasteiger partial charge >= 0.3 is 0 Å².